The summed E-state index contributed by atoms with van der Waals surface area (Å²) in [6, 6.07) is 0. The number of carbonyl (C=O) groups excluding carboxylic acids is 1. The molecule has 0 aromatic rings. The summed E-state index contributed by atoms with van der Waals surface area (Å²) in [5.41, 5.74) is 0. The summed E-state index contributed by atoms with van der Waals surface area (Å²) < 4.78 is 31.7. The van der Waals surface area contributed by atoms with Gasteiger partial charge in [-0.15, -0.1) is 0 Å². The highest BCUT2D eigenvalue weighted by atomic mass is 31.2. The predicted octanol–water partition coefficient (Wildman–Crippen LogP) is 1.96. The molecule has 0 fully saturated rings. The highest BCUT2D eigenvalue weighted by Gasteiger charge is 2.26. The summed E-state index contributed by atoms with van der Waals surface area (Å²) in [7, 11) is -0.641. The van der Waals surface area contributed by atoms with Crippen LogP contribution < -0.4 is 0 Å². The molecule has 0 N–H and O–H groups in total. The average molecular weight is 266 g/mol. The minimum atomic E-state index is -3.26. The Labute approximate surface area is 101 Å². The second kappa shape index (κ2) is 8.28. The number of rotatable bonds is 8. The first-order chi connectivity index (χ1) is 8.01. The van der Waals surface area contributed by atoms with E-state index in [1.807, 2.05) is 0 Å². The molecule has 0 aliphatic heterocycles. The first-order valence-electron chi connectivity index (χ1n) is 5.22. The Bertz CT molecular complexity index is 302. The molecule has 0 aliphatic rings. The Balaban J connectivity index is 4.76. The molecule has 0 heterocycles. The van der Waals surface area contributed by atoms with Gasteiger partial charge in [0.2, 0.25) is 0 Å². The van der Waals surface area contributed by atoms with Gasteiger partial charge in [-0.3, -0.25) is 4.57 Å². The molecule has 0 radical (unpaired) electrons. The monoisotopic (exact) mass is 266 g/mol. The van der Waals surface area contributed by atoms with E-state index in [1.54, 1.807) is 13.8 Å². The van der Waals surface area contributed by atoms with Gasteiger partial charge >= 0.3 is 13.6 Å². The van der Waals surface area contributed by atoms with E-state index >= 15 is 0 Å². The highest BCUT2D eigenvalue weighted by Crippen LogP contribution is 2.49. The summed E-state index contributed by atoms with van der Waals surface area (Å²) >= 11 is 0. The van der Waals surface area contributed by atoms with Crippen LogP contribution in [0.4, 0.5) is 0 Å². The SMILES string of the molecule is CCOP(=O)(C/C(=C\C(=O)OC)OC)OCC. The summed E-state index contributed by atoms with van der Waals surface area (Å²) in [5.74, 6) is -0.386. The van der Waals surface area contributed by atoms with Gasteiger partial charge < -0.3 is 18.5 Å². The van der Waals surface area contributed by atoms with Crippen LogP contribution >= 0.6 is 7.60 Å². The quantitative estimate of drug-likeness (QED) is 0.289. The van der Waals surface area contributed by atoms with Gasteiger partial charge in [-0.2, -0.15) is 0 Å². The standard InChI is InChI=1S/C10H19O6P/c1-5-15-17(12,16-6-2)8-9(13-3)7-10(11)14-4/h7H,5-6,8H2,1-4H3/b9-7+. The first-order valence-corrected chi connectivity index (χ1v) is 6.94. The van der Waals surface area contributed by atoms with Gasteiger partial charge in [0.25, 0.3) is 0 Å². The van der Waals surface area contributed by atoms with Crippen molar-refractivity contribution in [3.63, 3.8) is 0 Å². The van der Waals surface area contributed by atoms with Gasteiger partial charge in [-0.25, -0.2) is 4.79 Å². The van der Waals surface area contributed by atoms with E-state index in [0.717, 1.165) is 6.08 Å². The minimum Gasteiger partial charge on any atom is -0.500 e. The van der Waals surface area contributed by atoms with E-state index in [9.17, 15) is 9.36 Å². The van der Waals surface area contributed by atoms with Crippen molar-refractivity contribution in [1.29, 1.82) is 0 Å². The molecule has 100 valence electrons. The maximum absolute atomic E-state index is 12.1. The largest absolute Gasteiger partial charge is 0.500 e. The van der Waals surface area contributed by atoms with E-state index in [-0.39, 0.29) is 25.1 Å². The fourth-order valence-corrected chi connectivity index (χ4v) is 2.72. The Morgan fingerprint density at radius 2 is 1.65 bits per heavy atom. The fraction of sp³-hybridized carbons (Fsp3) is 0.700. The molecule has 7 heteroatoms. The molecule has 0 saturated carbocycles. The van der Waals surface area contributed by atoms with E-state index in [2.05, 4.69) is 4.74 Å². The smallest absolute Gasteiger partial charge is 0.338 e. The van der Waals surface area contributed by atoms with Crippen molar-refractivity contribution in [2.45, 2.75) is 13.8 Å². The molecule has 0 amide bonds. The molecule has 17 heavy (non-hydrogen) atoms. The molecule has 0 unspecified atom stereocenters. The second-order valence-electron chi connectivity index (χ2n) is 2.94. The third-order valence-electron chi connectivity index (χ3n) is 1.74. The van der Waals surface area contributed by atoms with Crippen LogP contribution in [0, 0.1) is 0 Å². The number of esters is 1. The van der Waals surface area contributed by atoms with Crippen molar-refractivity contribution in [2.75, 3.05) is 33.6 Å². The van der Waals surface area contributed by atoms with Crippen molar-refractivity contribution in [1.82, 2.24) is 0 Å². The van der Waals surface area contributed by atoms with E-state index in [1.165, 1.54) is 14.2 Å². The zero-order valence-electron chi connectivity index (χ0n) is 10.6. The number of carbonyl (C=O) groups is 1. The Kier molecular flexibility index (Phi) is 7.87. The number of hydrogen-bond acceptors (Lipinski definition) is 6. The summed E-state index contributed by atoms with van der Waals surface area (Å²) in [6.45, 7) is 3.93. The van der Waals surface area contributed by atoms with Crippen molar-refractivity contribution >= 4 is 13.6 Å². The van der Waals surface area contributed by atoms with Gasteiger partial charge in [-0.05, 0) is 13.8 Å². The Morgan fingerprint density at radius 3 is 2.00 bits per heavy atom. The van der Waals surface area contributed by atoms with Crippen LogP contribution in [0.1, 0.15) is 13.8 Å². The normalized spacial score (nSPS) is 12.4. The topological polar surface area (TPSA) is 71.1 Å². The lowest BCUT2D eigenvalue weighted by molar-refractivity contribution is -0.135. The van der Waals surface area contributed by atoms with E-state index in [4.69, 9.17) is 13.8 Å². The second-order valence-corrected chi connectivity index (χ2v) is 5.00. The lowest BCUT2D eigenvalue weighted by atomic mass is 10.5. The fourth-order valence-electron chi connectivity index (χ4n) is 1.07. The molecule has 0 aliphatic carbocycles. The van der Waals surface area contributed by atoms with Crippen LogP contribution in [0.15, 0.2) is 11.8 Å². The molecule has 0 rings (SSSR count). The maximum Gasteiger partial charge on any atom is 0.338 e. The predicted molar refractivity (Wildman–Crippen MR) is 62.8 cm³/mol. The van der Waals surface area contributed by atoms with Crippen LogP contribution in [-0.4, -0.2) is 39.6 Å². The molecular formula is C10H19O6P. The number of ether oxygens (including phenoxy) is 2. The molecule has 0 bridgehead atoms. The van der Waals surface area contributed by atoms with Crippen LogP contribution in [0.3, 0.4) is 0 Å². The van der Waals surface area contributed by atoms with Gasteiger partial charge in [0.05, 0.1) is 33.5 Å². The average Bonchev–Trinajstić information content (AvgIpc) is 2.28. The van der Waals surface area contributed by atoms with Gasteiger partial charge in [0.15, 0.2) is 0 Å². The number of allylic oxidation sites excluding steroid dienone is 1. The molecule has 6 nitrogen and oxygen atoms in total. The molecule has 0 aromatic carbocycles. The Hall–Kier alpha value is -0.840. The van der Waals surface area contributed by atoms with Crippen molar-refractivity contribution in [3.8, 4) is 0 Å². The van der Waals surface area contributed by atoms with Crippen LogP contribution in [-0.2, 0) is 27.9 Å². The van der Waals surface area contributed by atoms with Crippen molar-refractivity contribution < 1.29 is 27.9 Å². The zero-order valence-corrected chi connectivity index (χ0v) is 11.5. The summed E-state index contributed by atoms with van der Waals surface area (Å²) in [4.78, 5) is 11.0. The van der Waals surface area contributed by atoms with Gasteiger partial charge in [-0.1, -0.05) is 0 Å². The van der Waals surface area contributed by atoms with E-state index in [0.29, 0.717) is 0 Å². The zero-order chi connectivity index (χ0) is 13.3. The lowest BCUT2D eigenvalue weighted by Crippen LogP contribution is -2.06. The first kappa shape index (κ1) is 16.2. The minimum absolute atomic E-state index is 0.0969. The molecule has 0 saturated heterocycles. The van der Waals surface area contributed by atoms with Crippen LogP contribution in [0.2, 0.25) is 0 Å². The lowest BCUT2D eigenvalue weighted by Gasteiger charge is -2.17. The maximum atomic E-state index is 12.1. The number of hydrogen-bond donors (Lipinski definition) is 0. The molecule has 0 aromatic heterocycles. The number of methoxy groups -OCH3 is 2. The van der Waals surface area contributed by atoms with Crippen molar-refractivity contribution in [3.05, 3.63) is 11.8 Å². The van der Waals surface area contributed by atoms with Crippen molar-refractivity contribution in [2.24, 2.45) is 0 Å². The van der Waals surface area contributed by atoms with E-state index < -0.39 is 13.6 Å². The molecule has 0 spiro atoms. The van der Waals surface area contributed by atoms with Gasteiger partial charge in [0.1, 0.15) is 11.9 Å². The van der Waals surface area contributed by atoms with Gasteiger partial charge in [0, 0.05) is 0 Å². The highest BCUT2D eigenvalue weighted by molar-refractivity contribution is 7.54. The molecular weight excluding hydrogens is 247 g/mol. The third-order valence-corrected chi connectivity index (χ3v) is 3.75. The summed E-state index contributed by atoms with van der Waals surface area (Å²) in [5, 5.41) is 0. The molecule has 0 atom stereocenters. The van der Waals surface area contributed by atoms with Crippen LogP contribution in [0.25, 0.3) is 0 Å². The Morgan fingerprint density at radius 1 is 1.12 bits per heavy atom. The van der Waals surface area contributed by atoms with Crippen LogP contribution in [0.5, 0.6) is 0 Å². The summed E-state index contributed by atoms with van der Waals surface area (Å²) in [6.07, 6.45) is 1.02. The third kappa shape index (κ3) is 6.46.